The number of nitriles is 1. The lowest BCUT2D eigenvalue weighted by atomic mass is 9.93. The number of hydrogen-bond acceptors (Lipinski definition) is 3. The van der Waals surface area contributed by atoms with Crippen LogP contribution in [0.25, 0.3) is 6.08 Å². The van der Waals surface area contributed by atoms with Crippen molar-refractivity contribution in [3.05, 3.63) is 65.2 Å². The van der Waals surface area contributed by atoms with Crippen molar-refractivity contribution in [1.82, 2.24) is 0 Å². The summed E-state index contributed by atoms with van der Waals surface area (Å²) in [6.45, 7) is 0. The van der Waals surface area contributed by atoms with Gasteiger partial charge in [-0.05, 0) is 29.3 Å². The third kappa shape index (κ3) is 2.12. The molecule has 0 fully saturated rings. The number of methoxy groups -OCH3 is 1. The molecule has 0 spiro atoms. The number of fused-ring (bicyclic) bond motifs is 1. The van der Waals surface area contributed by atoms with Crippen LogP contribution in [-0.4, -0.2) is 7.11 Å². The van der Waals surface area contributed by atoms with Crippen molar-refractivity contribution in [3.63, 3.8) is 0 Å². The number of anilines is 1. The average molecular weight is 262 g/mol. The maximum Gasteiger partial charge on any atom is 0.120 e. The Kier molecular flexibility index (Phi) is 3.14. The minimum atomic E-state index is -0.110. The van der Waals surface area contributed by atoms with Crippen LogP contribution in [0.2, 0.25) is 0 Å². The van der Waals surface area contributed by atoms with E-state index in [0.29, 0.717) is 5.57 Å². The molecule has 20 heavy (non-hydrogen) atoms. The van der Waals surface area contributed by atoms with Gasteiger partial charge in [0.1, 0.15) is 5.75 Å². The van der Waals surface area contributed by atoms with Gasteiger partial charge in [-0.1, -0.05) is 30.3 Å². The molecule has 1 heterocycles. The molecule has 1 N–H and O–H groups in total. The van der Waals surface area contributed by atoms with E-state index in [1.165, 1.54) is 0 Å². The van der Waals surface area contributed by atoms with E-state index in [1.54, 1.807) is 7.11 Å². The maximum absolute atomic E-state index is 9.37. The summed E-state index contributed by atoms with van der Waals surface area (Å²) in [5.74, 6) is 0.803. The minimum Gasteiger partial charge on any atom is -0.497 e. The van der Waals surface area contributed by atoms with Gasteiger partial charge < -0.3 is 10.1 Å². The van der Waals surface area contributed by atoms with Crippen LogP contribution < -0.4 is 10.1 Å². The molecule has 3 rings (SSSR count). The highest BCUT2D eigenvalue weighted by atomic mass is 16.5. The van der Waals surface area contributed by atoms with Crippen molar-refractivity contribution in [2.24, 2.45) is 0 Å². The smallest absolute Gasteiger partial charge is 0.120 e. The Morgan fingerprint density at radius 2 is 1.95 bits per heavy atom. The Bertz CT molecular complexity index is 699. The van der Waals surface area contributed by atoms with Crippen LogP contribution in [0.5, 0.6) is 5.75 Å². The molecule has 2 aromatic carbocycles. The fourth-order valence-electron chi connectivity index (χ4n) is 2.40. The SMILES string of the molecule is COc1ccc2c(c1)NC(c1ccccc1)C(C#N)=C2. The monoisotopic (exact) mass is 262 g/mol. The fourth-order valence-corrected chi connectivity index (χ4v) is 2.40. The summed E-state index contributed by atoms with van der Waals surface area (Å²) in [5.41, 5.74) is 3.79. The second-order valence-electron chi connectivity index (χ2n) is 4.65. The van der Waals surface area contributed by atoms with Crippen molar-refractivity contribution in [2.75, 3.05) is 12.4 Å². The highest BCUT2D eigenvalue weighted by molar-refractivity contribution is 5.77. The quantitative estimate of drug-likeness (QED) is 0.896. The second-order valence-corrected chi connectivity index (χ2v) is 4.65. The summed E-state index contributed by atoms with van der Waals surface area (Å²) in [5, 5.41) is 12.8. The van der Waals surface area contributed by atoms with Gasteiger partial charge in [0.05, 0.1) is 24.8 Å². The number of hydrogen-bond donors (Lipinski definition) is 1. The number of nitrogens with one attached hydrogen (secondary N) is 1. The molecule has 0 aliphatic carbocycles. The van der Waals surface area contributed by atoms with Gasteiger partial charge in [-0.3, -0.25) is 0 Å². The van der Waals surface area contributed by atoms with E-state index in [1.807, 2.05) is 54.6 Å². The number of ether oxygens (including phenoxy) is 1. The Hall–Kier alpha value is -2.73. The molecule has 0 saturated carbocycles. The van der Waals surface area contributed by atoms with Crippen LogP contribution in [0.4, 0.5) is 5.69 Å². The predicted molar refractivity (Wildman–Crippen MR) is 79.4 cm³/mol. The van der Waals surface area contributed by atoms with Gasteiger partial charge in [0, 0.05) is 11.8 Å². The van der Waals surface area contributed by atoms with E-state index in [0.717, 1.165) is 22.6 Å². The molecule has 1 atom stereocenters. The van der Waals surface area contributed by atoms with Gasteiger partial charge in [0.2, 0.25) is 0 Å². The molecular formula is C17H14N2O. The normalized spacial score (nSPS) is 16.4. The predicted octanol–water partition coefficient (Wildman–Crippen LogP) is 3.77. The third-order valence-corrected chi connectivity index (χ3v) is 3.44. The number of nitrogens with zero attached hydrogens (tertiary/aromatic N) is 1. The lowest BCUT2D eigenvalue weighted by molar-refractivity contribution is 0.415. The van der Waals surface area contributed by atoms with Gasteiger partial charge in [-0.25, -0.2) is 0 Å². The van der Waals surface area contributed by atoms with Crippen LogP contribution in [0.3, 0.4) is 0 Å². The zero-order valence-corrected chi connectivity index (χ0v) is 11.1. The third-order valence-electron chi connectivity index (χ3n) is 3.44. The van der Waals surface area contributed by atoms with Gasteiger partial charge in [-0.2, -0.15) is 5.26 Å². The Labute approximate surface area is 118 Å². The van der Waals surface area contributed by atoms with Crippen molar-refractivity contribution in [3.8, 4) is 11.8 Å². The Balaban J connectivity index is 2.06. The Morgan fingerprint density at radius 3 is 2.65 bits per heavy atom. The van der Waals surface area contributed by atoms with Crippen molar-refractivity contribution < 1.29 is 4.74 Å². The first-order valence-corrected chi connectivity index (χ1v) is 6.43. The molecule has 2 aromatic rings. The zero-order chi connectivity index (χ0) is 13.9. The standard InChI is InChI=1S/C17H14N2O/c1-20-15-8-7-13-9-14(11-18)17(19-16(13)10-15)12-5-3-2-4-6-12/h2-10,17,19H,1H3. The van der Waals surface area contributed by atoms with E-state index in [4.69, 9.17) is 4.74 Å². The summed E-state index contributed by atoms with van der Waals surface area (Å²) in [7, 11) is 1.65. The van der Waals surface area contributed by atoms with Crippen LogP contribution >= 0.6 is 0 Å². The molecular weight excluding hydrogens is 248 g/mol. The van der Waals surface area contributed by atoms with Gasteiger partial charge in [0.15, 0.2) is 0 Å². The lowest BCUT2D eigenvalue weighted by Crippen LogP contribution is -2.16. The van der Waals surface area contributed by atoms with E-state index < -0.39 is 0 Å². The lowest BCUT2D eigenvalue weighted by Gasteiger charge is -2.25. The Morgan fingerprint density at radius 1 is 1.15 bits per heavy atom. The molecule has 0 aromatic heterocycles. The second kappa shape index (κ2) is 5.10. The van der Waals surface area contributed by atoms with E-state index in [9.17, 15) is 5.26 Å². The van der Waals surface area contributed by atoms with Crippen molar-refractivity contribution in [2.45, 2.75) is 6.04 Å². The first-order valence-electron chi connectivity index (χ1n) is 6.43. The summed E-state index contributed by atoms with van der Waals surface area (Å²) < 4.78 is 5.25. The van der Waals surface area contributed by atoms with Gasteiger partial charge in [-0.15, -0.1) is 0 Å². The molecule has 3 heteroatoms. The van der Waals surface area contributed by atoms with Crippen LogP contribution in [0.15, 0.2) is 54.1 Å². The minimum absolute atomic E-state index is 0.110. The van der Waals surface area contributed by atoms with Crippen molar-refractivity contribution in [1.29, 1.82) is 5.26 Å². The maximum atomic E-state index is 9.37. The molecule has 98 valence electrons. The highest BCUT2D eigenvalue weighted by Crippen LogP contribution is 2.36. The van der Waals surface area contributed by atoms with Crippen molar-refractivity contribution >= 4 is 11.8 Å². The molecule has 0 radical (unpaired) electrons. The zero-order valence-electron chi connectivity index (χ0n) is 11.1. The van der Waals surface area contributed by atoms with E-state index >= 15 is 0 Å². The molecule has 0 bridgehead atoms. The molecule has 0 amide bonds. The van der Waals surface area contributed by atoms with E-state index in [2.05, 4.69) is 11.4 Å². The largest absolute Gasteiger partial charge is 0.497 e. The van der Waals surface area contributed by atoms with Crippen LogP contribution in [-0.2, 0) is 0 Å². The summed E-state index contributed by atoms with van der Waals surface area (Å²) in [4.78, 5) is 0. The fraction of sp³-hybridized carbons (Fsp3) is 0.118. The van der Waals surface area contributed by atoms with Crippen LogP contribution in [0.1, 0.15) is 17.2 Å². The van der Waals surface area contributed by atoms with Gasteiger partial charge >= 0.3 is 0 Å². The summed E-state index contributed by atoms with van der Waals surface area (Å²) in [6.07, 6.45) is 1.93. The van der Waals surface area contributed by atoms with Crippen LogP contribution in [0, 0.1) is 11.3 Å². The summed E-state index contributed by atoms with van der Waals surface area (Å²) >= 11 is 0. The molecule has 3 nitrogen and oxygen atoms in total. The summed E-state index contributed by atoms with van der Waals surface area (Å²) in [6, 6.07) is 18.0. The molecule has 1 aliphatic heterocycles. The first kappa shape index (κ1) is 12.3. The number of benzene rings is 2. The topological polar surface area (TPSA) is 45.0 Å². The number of rotatable bonds is 2. The van der Waals surface area contributed by atoms with Gasteiger partial charge in [0.25, 0.3) is 0 Å². The molecule has 1 aliphatic rings. The van der Waals surface area contributed by atoms with E-state index in [-0.39, 0.29) is 6.04 Å². The first-order chi connectivity index (χ1) is 9.81. The molecule has 1 unspecified atom stereocenters. The average Bonchev–Trinajstić information content (AvgIpc) is 2.53. The highest BCUT2D eigenvalue weighted by Gasteiger charge is 2.22. The molecule has 0 saturated heterocycles.